The van der Waals surface area contributed by atoms with Gasteiger partial charge in [0.15, 0.2) is 5.82 Å². The van der Waals surface area contributed by atoms with Crippen molar-refractivity contribution in [1.29, 1.82) is 0 Å². The molecule has 130 valence electrons. The first kappa shape index (κ1) is 15.1. The van der Waals surface area contributed by atoms with Crippen molar-refractivity contribution >= 4 is 5.91 Å². The highest BCUT2D eigenvalue weighted by molar-refractivity contribution is 5.97. The van der Waals surface area contributed by atoms with E-state index < -0.39 is 0 Å². The molecule has 0 spiro atoms. The minimum Gasteiger partial charge on any atom is -0.493 e. The van der Waals surface area contributed by atoms with Crippen LogP contribution in [0.5, 0.6) is 5.75 Å². The Morgan fingerprint density at radius 1 is 1.00 bits per heavy atom. The average molecular weight is 347 g/mol. The monoisotopic (exact) mass is 347 g/mol. The van der Waals surface area contributed by atoms with E-state index in [1.807, 2.05) is 48.5 Å². The van der Waals surface area contributed by atoms with Gasteiger partial charge in [0.1, 0.15) is 5.75 Å². The summed E-state index contributed by atoms with van der Waals surface area (Å²) in [7, 11) is 0. The third kappa shape index (κ3) is 2.37. The molecule has 6 nitrogen and oxygen atoms in total. The molecule has 0 radical (unpaired) electrons. The van der Waals surface area contributed by atoms with Crippen LogP contribution in [0.4, 0.5) is 0 Å². The predicted octanol–water partition coefficient (Wildman–Crippen LogP) is 2.86. The van der Waals surface area contributed by atoms with Crippen molar-refractivity contribution in [2.24, 2.45) is 0 Å². The Bertz CT molecular complexity index is 982. The molecule has 2 atom stereocenters. The van der Waals surface area contributed by atoms with E-state index in [4.69, 9.17) is 14.2 Å². The Morgan fingerprint density at radius 3 is 2.73 bits per heavy atom. The second-order valence-corrected chi connectivity index (χ2v) is 6.57. The molecule has 0 fully saturated rings. The summed E-state index contributed by atoms with van der Waals surface area (Å²) in [6.07, 6.45) is 0.813. The normalized spacial score (nSPS) is 21.3. The zero-order valence-electron chi connectivity index (χ0n) is 14.0. The van der Waals surface area contributed by atoms with Crippen molar-refractivity contribution < 1.29 is 14.1 Å². The number of ether oxygens (including phenoxy) is 1. The molecule has 3 heterocycles. The highest BCUT2D eigenvalue weighted by Gasteiger charge is 2.32. The van der Waals surface area contributed by atoms with E-state index in [1.165, 1.54) is 0 Å². The van der Waals surface area contributed by atoms with Crippen LogP contribution in [0.1, 0.15) is 51.5 Å². The van der Waals surface area contributed by atoms with E-state index in [9.17, 15) is 4.79 Å². The van der Waals surface area contributed by atoms with Gasteiger partial charge in [-0.1, -0.05) is 41.6 Å². The Balaban J connectivity index is 1.51. The molecule has 2 aliphatic heterocycles. The van der Waals surface area contributed by atoms with E-state index in [0.717, 1.165) is 23.3 Å². The van der Waals surface area contributed by atoms with Gasteiger partial charge >= 0.3 is 0 Å². The first-order chi connectivity index (χ1) is 12.8. The standard InChI is InChI=1S/C20H17N3O3/c24-19-15-7-2-1-5-12(15)16(11-21-19)20-22-18(23-26-20)14-9-10-25-17-8-4-3-6-13(14)17/h1-8,14,16H,9-11H2,(H,21,24). The number of benzene rings is 2. The van der Waals surface area contributed by atoms with Gasteiger partial charge in [0, 0.05) is 17.7 Å². The van der Waals surface area contributed by atoms with Crippen LogP contribution in [-0.2, 0) is 0 Å². The molecule has 1 N–H and O–H groups in total. The van der Waals surface area contributed by atoms with Gasteiger partial charge in [-0.15, -0.1) is 0 Å². The van der Waals surface area contributed by atoms with Crippen molar-refractivity contribution in [3.8, 4) is 5.75 Å². The number of fused-ring (bicyclic) bond motifs is 2. The summed E-state index contributed by atoms with van der Waals surface area (Å²) in [5.41, 5.74) is 2.68. The lowest BCUT2D eigenvalue weighted by molar-refractivity contribution is 0.0940. The fourth-order valence-corrected chi connectivity index (χ4v) is 3.77. The zero-order chi connectivity index (χ0) is 17.5. The molecule has 6 heteroatoms. The number of para-hydroxylation sites is 1. The Labute approximate surface area is 150 Å². The smallest absolute Gasteiger partial charge is 0.251 e. The minimum absolute atomic E-state index is 0.0602. The second-order valence-electron chi connectivity index (χ2n) is 6.57. The van der Waals surface area contributed by atoms with Crippen LogP contribution in [0.25, 0.3) is 0 Å². The summed E-state index contributed by atoms with van der Waals surface area (Å²) in [5.74, 6) is 1.97. The Kier molecular flexibility index (Phi) is 3.48. The van der Waals surface area contributed by atoms with Crippen LogP contribution in [0.15, 0.2) is 53.1 Å². The van der Waals surface area contributed by atoms with Gasteiger partial charge in [0.05, 0.1) is 18.4 Å². The first-order valence-electron chi connectivity index (χ1n) is 8.73. The molecule has 26 heavy (non-hydrogen) atoms. The molecule has 1 amide bonds. The maximum Gasteiger partial charge on any atom is 0.251 e. The maximum absolute atomic E-state index is 12.1. The first-order valence-corrected chi connectivity index (χ1v) is 8.73. The third-order valence-corrected chi connectivity index (χ3v) is 5.07. The number of hydrogen-bond acceptors (Lipinski definition) is 5. The summed E-state index contributed by atoms with van der Waals surface area (Å²) in [4.78, 5) is 16.8. The van der Waals surface area contributed by atoms with Crippen molar-refractivity contribution in [3.63, 3.8) is 0 Å². The van der Waals surface area contributed by atoms with Gasteiger partial charge in [0.2, 0.25) is 5.89 Å². The number of carbonyl (C=O) groups is 1. The lowest BCUT2D eigenvalue weighted by Gasteiger charge is -2.24. The van der Waals surface area contributed by atoms with Crippen LogP contribution in [0.2, 0.25) is 0 Å². The van der Waals surface area contributed by atoms with Gasteiger partial charge in [-0.2, -0.15) is 4.98 Å². The topological polar surface area (TPSA) is 77.2 Å². The molecule has 5 rings (SSSR count). The second kappa shape index (κ2) is 5.98. The van der Waals surface area contributed by atoms with Gasteiger partial charge in [-0.25, -0.2) is 0 Å². The highest BCUT2D eigenvalue weighted by atomic mass is 16.5. The molecule has 0 saturated carbocycles. The summed E-state index contributed by atoms with van der Waals surface area (Å²) in [6.45, 7) is 1.09. The number of nitrogens with one attached hydrogen (secondary N) is 1. The number of rotatable bonds is 2. The van der Waals surface area contributed by atoms with Crippen LogP contribution in [-0.4, -0.2) is 29.2 Å². The fraction of sp³-hybridized carbons (Fsp3) is 0.250. The summed E-state index contributed by atoms with van der Waals surface area (Å²) in [5, 5.41) is 7.16. The van der Waals surface area contributed by atoms with Crippen LogP contribution >= 0.6 is 0 Å². The molecule has 3 aromatic rings. The van der Waals surface area contributed by atoms with Crippen LogP contribution in [0, 0.1) is 0 Å². The Morgan fingerprint density at radius 2 is 1.81 bits per heavy atom. The molecule has 2 aliphatic rings. The average Bonchev–Trinajstić information content (AvgIpc) is 3.18. The third-order valence-electron chi connectivity index (χ3n) is 5.07. The summed E-state index contributed by atoms with van der Waals surface area (Å²) >= 11 is 0. The van der Waals surface area contributed by atoms with E-state index in [2.05, 4.69) is 10.5 Å². The van der Waals surface area contributed by atoms with Gasteiger partial charge in [-0.3, -0.25) is 4.79 Å². The largest absolute Gasteiger partial charge is 0.493 e. The molecule has 0 aliphatic carbocycles. The predicted molar refractivity (Wildman–Crippen MR) is 93.3 cm³/mol. The van der Waals surface area contributed by atoms with Gasteiger partial charge < -0.3 is 14.6 Å². The van der Waals surface area contributed by atoms with E-state index >= 15 is 0 Å². The molecule has 1 aromatic heterocycles. The van der Waals surface area contributed by atoms with E-state index in [1.54, 1.807) is 0 Å². The van der Waals surface area contributed by atoms with Crippen LogP contribution in [0.3, 0.4) is 0 Å². The number of carbonyl (C=O) groups excluding carboxylic acids is 1. The quantitative estimate of drug-likeness (QED) is 0.771. The maximum atomic E-state index is 12.1. The lowest BCUT2D eigenvalue weighted by Crippen LogP contribution is -2.35. The molecule has 2 aromatic carbocycles. The van der Waals surface area contributed by atoms with Gasteiger partial charge in [-0.05, 0) is 24.1 Å². The van der Waals surface area contributed by atoms with E-state index in [0.29, 0.717) is 30.4 Å². The van der Waals surface area contributed by atoms with Crippen LogP contribution < -0.4 is 10.1 Å². The lowest BCUT2D eigenvalue weighted by atomic mass is 9.90. The Hall–Kier alpha value is -3.15. The molecule has 0 bridgehead atoms. The fourth-order valence-electron chi connectivity index (χ4n) is 3.77. The zero-order valence-corrected chi connectivity index (χ0v) is 14.0. The van der Waals surface area contributed by atoms with Crippen molar-refractivity contribution in [3.05, 3.63) is 76.9 Å². The number of aromatic nitrogens is 2. The number of amides is 1. The SMILES string of the molecule is O=C1NCC(c2nc(C3CCOc4ccccc43)no2)c2ccccc21. The highest BCUT2D eigenvalue weighted by Crippen LogP contribution is 2.37. The molecular formula is C20H17N3O3. The summed E-state index contributed by atoms with van der Waals surface area (Å²) in [6, 6.07) is 15.5. The van der Waals surface area contributed by atoms with Crippen molar-refractivity contribution in [2.75, 3.05) is 13.2 Å². The molecule has 2 unspecified atom stereocenters. The molecular weight excluding hydrogens is 330 g/mol. The van der Waals surface area contributed by atoms with Crippen molar-refractivity contribution in [2.45, 2.75) is 18.3 Å². The minimum atomic E-state index is -0.125. The molecule has 0 saturated heterocycles. The van der Waals surface area contributed by atoms with Gasteiger partial charge in [0.25, 0.3) is 5.91 Å². The number of hydrogen-bond donors (Lipinski definition) is 1. The van der Waals surface area contributed by atoms with E-state index in [-0.39, 0.29) is 17.7 Å². The summed E-state index contributed by atoms with van der Waals surface area (Å²) < 4.78 is 11.3. The van der Waals surface area contributed by atoms with Crippen molar-refractivity contribution in [1.82, 2.24) is 15.5 Å². The number of nitrogens with zero attached hydrogens (tertiary/aromatic N) is 2.